The second kappa shape index (κ2) is 7.17. The molecule has 0 fully saturated rings. The maximum Gasteiger partial charge on any atom is 0.251 e. The van der Waals surface area contributed by atoms with Gasteiger partial charge in [-0.1, -0.05) is 0 Å². The number of nitrogens with zero attached hydrogens (tertiary/aromatic N) is 1. The summed E-state index contributed by atoms with van der Waals surface area (Å²) in [6.45, 7) is 9.18. The molecule has 0 aromatic rings. The lowest BCUT2D eigenvalue weighted by Crippen LogP contribution is -2.38. The summed E-state index contributed by atoms with van der Waals surface area (Å²) in [5.74, 6) is 0. The van der Waals surface area contributed by atoms with E-state index in [2.05, 4.69) is 26.1 Å². The zero-order valence-corrected chi connectivity index (χ0v) is 11.2. The van der Waals surface area contributed by atoms with Gasteiger partial charge >= 0.3 is 0 Å². The van der Waals surface area contributed by atoms with Gasteiger partial charge in [0.2, 0.25) is 0 Å². The number of nitrogens with one attached hydrogen (secondary N) is 1. The van der Waals surface area contributed by atoms with Gasteiger partial charge in [0.15, 0.2) is 0 Å². The Hall–Kier alpha value is -0.220. The predicted molar refractivity (Wildman–Crippen MR) is 65.1 cm³/mol. The van der Waals surface area contributed by atoms with Crippen LogP contribution in [0.2, 0.25) is 0 Å². The van der Waals surface area contributed by atoms with Gasteiger partial charge in [-0.05, 0) is 54.1 Å². The monoisotopic (exact) mass is 236 g/mol. The Morgan fingerprint density at radius 2 is 1.81 bits per heavy atom. The van der Waals surface area contributed by atoms with Gasteiger partial charge in [0.1, 0.15) is 0 Å². The molecule has 1 atom stereocenters. The average Bonchev–Trinajstić information content (AvgIpc) is 2.09. The van der Waals surface area contributed by atoms with E-state index in [1.54, 1.807) is 11.9 Å². The third-order valence-electron chi connectivity index (χ3n) is 2.63. The predicted octanol–water partition coefficient (Wildman–Crippen LogP) is 2.74. The minimum absolute atomic E-state index is 0.131. The minimum Gasteiger partial charge on any atom is -0.312 e. The second-order valence-electron chi connectivity index (χ2n) is 5.50. The number of rotatable bonds is 7. The van der Waals surface area contributed by atoms with Gasteiger partial charge in [-0.3, -0.25) is 4.90 Å². The molecule has 1 N–H and O–H groups in total. The molecular formula is C12H26F2N2. The fourth-order valence-electron chi connectivity index (χ4n) is 1.48. The lowest BCUT2D eigenvalue weighted by molar-refractivity contribution is 0.0819. The Balaban J connectivity index is 3.61. The molecule has 0 amide bonds. The maximum atomic E-state index is 12.1. The highest BCUT2D eigenvalue weighted by Crippen LogP contribution is 2.07. The van der Waals surface area contributed by atoms with Gasteiger partial charge in [-0.15, -0.1) is 0 Å². The summed E-state index contributed by atoms with van der Waals surface area (Å²) in [6, 6.07) is 0.218. The van der Waals surface area contributed by atoms with E-state index in [1.807, 2.05) is 6.92 Å². The van der Waals surface area contributed by atoms with E-state index < -0.39 is 6.43 Å². The van der Waals surface area contributed by atoms with Crippen molar-refractivity contribution in [3.63, 3.8) is 0 Å². The Morgan fingerprint density at radius 3 is 2.25 bits per heavy atom. The van der Waals surface area contributed by atoms with Crippen molar-refractivity contribution in [2.75, 3.05) is 20.1 Å². The molecular weight excluding hydrogens is 210 g/mol. The first-order valence-corrected chi connectivity index (χ1v) is 5.96. The van der Waals surface area contributed by atoms with Crippen LogP contribution in [0.3, 0.4) is 0 Å². The summed E-state index contributed by atoms with van der Waals surface area (Å²) in [5.41, 5.74) is 0.137. The molecule has 0 aliphatic carbocycles. The van der Waals surface area contributed by atoms with E-state index in [-0.39, 0.29) is 18.1 Å². The van der Waals surface area contributed by atoms with Crippen LogP contribution in [0.1, 0.15) is 40.5 Å². The third-order valence-corrected chi connectivity index (χ3v) is 2.63. The van der Waals surface area contributed by atoms with Gasteiger partial charge in [0.25, 0.3) is 6.43 Å². The quantitative estimate of drug-likeness (QED) is 0.684. The van der Waals surface area contributed by atoms with E-state index >= 15 is 0 Å². The van der Waals surface area contributed by atoms with Gasteiger partial charge in [-0.25, -0.2) is 8.78 Å². The molecule has 0 saturated heterocycles. The van der Waals surface area contributed by atoms with Gasteiger partial charge in [-0.2, -0.15) is 0 Å². The molecule has 0 aliphatic heterocycles. The van der Waals surface area contributed by atoms with E-state index in [0.29, 0.717) is 0 Å². The summed E-state index contributed by atoms with van der Waals surface area (Å²) in [5, 5.41) is 3.39. The molecule has 1 unspecified atom stereocenters. The summed E-state index contributed by atoms with van der Waals surface area (Å²) >= 11 is 0. The van der Waals surface area contributed by atoms with Crippen molar-refractivity contribution < 1.29 is 8.78 Å². The molecule has 0 aliphatic rings. The van der Waals surface area contributed by atoms with Crippen LogP contribution >= 0.6 is 0 Å². The lowest BCUT2D eigenvalue weighted by Gasteiger charge is -2.25. The topological polar surface area (TPSA) is 15.3 Å². The SMILES string of the molecule is CC(CCCNC(C)(C)C)N(C)CC(F)F. The van der Waals surface area contributed by atoms with E-state index in [0.717, 1.165) is 19.4 Å². The highest BCUT2D eigenvalue weighted by molar-refractivity contribution is 4.71. The Kier molecular flexibility index (Phi) is 7.07. The summed E-state index contributed by atoms with van der Waals surface area (Å²) in [6.07, 6.45) is -0.265. The molecule has 0 aromatic carbocycles. The number of halogens is 2. The highest BCUT2D eigenvalue weighted by atomic mass is 19.3. The van der Waals surface area contributed by atoms with E-state index in [4.69, 9.17) is 0 Å². The van der Waals surface area contributed by atoms with E-state index in [9.17, 15) is 8.78 Å². The van der Waals surface area contributed by atoms with Crippen molar-refractivity contribution in [3.8, 4) is 0 Å². The molecule has 0 rings (SSSR count). The molecule has 16 heavy (non-hydrogen) atoms. The molecule has 4 heteroatoms. The molecule has 0 aromatic heterocycles. The Morgan fingerprint density at radius 1 is 1.25 bits per heavy atom. The zero-order valence-electron chi connectivity index (χ0n) is 11.2. The maximum absolute atomic E-state index is 12.1. The summed E-state index contributed by atoms with van der Waals surface area (Å²) in [4.78, 5) is 1.72. The van der Waals surface area contributed by atoms with Crippen LogP contribution in [-0.2, 0) is 0 Å². The van der Waals surface area contributed by atoms with Crippen LogP contribution in [-0.4, -0.2) is 43.0 Å². The highest BCUT2D eigenvalue weighted by Gasteiger charge is 2.14. The van der Waals surface area contributed by atoms with Crippen LogP contribution in [0.5, 0.6) is 0 Å². The lowest BCUT2D eigenvalue weighted by atomic mass is 10.1. The number of hydrogen-bond donors (Lipinski definition) is 1. The smallest absolute Gasteiger partial charge is 0.251 e. The van der Waals surface area contributed by atoms with Crippen LogP contribution in [0.15, 0.2) is 0 Å². The fraction of sp³-hybridized carbons (Fsp3) is 1.00. The number of alkyl halides is 2. The first-order chi connectivity index (χ1) is 7.22. The average molecular weight is 236 g/mol. The standard InChI is InChI=1S/C12H26F2N2/c1-10(16(5)9-11(13)14)7-6-8-15-12(2,3)4/h10-11,15H,6-9H2,1-5H3. The zero-order chi connectivity index (χ0) is 12.8. The number of hydrogen-bond acceptors (Lipinski definition) is 2. The molecule has 0 saturated carbocycles. The fourth-order valence-corrected chi connectivity index (χ4v) is 1.48. The van der Waals surface area contributed by atoms with Crippen molar-refractivity contribution in [3.05, 3.63) is 0 Å². The normalized spacial score (nSPS) is 14.8. The van der Waals surface area contributed by atoms with Crippen molar-refractivity contribution in [2.45, 2.75) is 58.5 Å². The largest absolute Gasteiger partial charge is 0.312 e. The van der Waals surface area contributed by atoms with Crippen molar-refractivity contribution in [1.82, 2.24) is 10.2 Å². The third kappa shape index (κ3) is 9.04. The van der Waals surface area contributed by atoms with Crippen LogP contribution < -0.4 is 5.32 Å². The van der Waals surface area contributed by atoms with Crippen LogP contribution in [0.25, 0.3) is 0 Å². The summed E-state index contributed by atoms with van der Waals surface area (Å²) in [7, 11) is 1.76. The minimum atomic E-state index is -2.24. The first-order valence-electron chi connectivity index (χ1n) is 5.96. The van der Waals surface area contributed by atoms with Crippen LogP contribution in [0.4, 0.5) is 8.78 Å². The van der Waals surface area contributed by atoms with E-state index in [1.165, 1.54) is 0 Å². The first kappa shape index (κ1) is 15.8. The molecule has 0 heterocycles. The molecule has 0 radical (unpaired) electrons. The Labute approximate surface area is 98.4 Å². The van der Waals surface area contributed by atoms with Gasteiger partial charge < -0.3 is 5.32 Å². The van der Waals surface area contributed by atoms with Gasteiger partial charge in [0.05, 0.1) is 6.54 Å². The molecule has 98 valence electrons. The molecule has 2 nitrogen and oxygen atoms in total. The molecule has 0 bridgehead atoms. The van der Waals surface area contributed by atoms with Crippen molar-refractivity contribution in [2.24, 2.45) is 0 Å². The van der Waals surface area contributed by atoms with Crippen LogP contribution in [0, 0.1) is 0 Å². The van der Waals surface area contributed by atoms with Crippen molar-refractivity contribution >= 4 is 0 Å². The second-order valence-corrected chi connectivity index (χ2v) is 5.50. The Bertz CT molecular complexity index is 178. The summed E-state index contributed by atoms with van der Waals surface area (Å²) < 4.78 is 24.3. The van der Waals surface area contributed by atoms with Crippen molar-refractivity contribution in [1.29, 1.82) is 0 Å². The van der Waals surface area contributed by atoms with Gasteiger partial charge in [0, 0.05) is 11.6 Å². The molecule has 0 spiro atoms.